The average molecular weight is 1230 g/mol. The predicted molar refractivity (Wildman–Crippen MR) is 306 cm³/mol. The maximum Gasteiger partial charge on any atom is 0.338 e. The Kier molecular flexibility index (Phi) is 22.1. The van der Waals surface area contributed by atoms with E-state index in [-0.39, 0.29) is 38.9 Å². The molecule has 0 aromatic heterocycles. The summed E-state index contributed by atoms with van der Waals surface area (Å²) < 4.78 is 60.0. The number of benzene rings is 7. The third-order valence-corrected chi connectivity index (χ3v) is 13.4. The first-order chi connectivity index (χ1) is 41.4. The molecular weight excluding hydrogens is 1180 g/mol. The molecule has 0 spiro atoms. The lowest BCUT2D eigenvalue weighted by molar-refractivity contribution is -0.352. The number of aliphatic hydroxyl groups is 1. The standard InChI is InChI=1S/C61H50O18.C2H2Cl3NO/c62-53(38-22-8-1-9-23-38)70-36-45-48(49(75-56(65)41-28-14-4-15-29-41)51(60(69)72-45)77-58(67)43-32-18-6-19-33-43)79-61-52(78-59(68)44-34-20-7-21-35-44)50(76-57(66)42-30-16-5-17-31-42)47(74-55(64)40-26-12-3-13-27-40)46(73-61)37-71-54(63)39-24-10-2-11-25-39;3-2(4,5)1(6)7/h1-35,45-52,60-61,69H,36-37H2;(H2,6,7)/t45-,46-,47+,48-,49+,50+,51-,52-,60-,61+;/m1./s1. The molecular formula is C63H52Cl3NO19. The number of hydrogen-bond acceptors (Lipinski definition) is 19. The molecule has 3 N–H and O–H groups in total. The van der Waals surface area contributed by atoms with Crippen LogP contribution in [0, 0.1) is 0 Å². The van der Waals surface area contributed by atoms with Crippen molar-refractivity contribution in [1.82, 2.24) is 0 Å². The van der Waals surface area contributed by atoms with Crippen molar-refractivity contribution in [3.05, 3.63) is 251 Å². The van der Waals surface area contributed by atoms with Gasteiger partial charge in [-0.15, -0.1) is 0 Å². The number of carbonyl (C=O) groups excluding carboxylic acids is 8. The fraction of sp³-hybridized carbons (Fsp3) is 0.206. The van der Waals surface area contributed by atoms with Crippen molar-refractivity contribution in [2.24, 2.45) is 5.73 Å². The third kappa shape index (κ3) is 17.1. The van der Waals surface area contributed by atoms with Crippen LogP contribution in [0.1, 0.15) is 72.5 Å². The first-order valence-corrected chi connectivity index (χ1v) is 27.3. The summed E-state index contributed by atoms with van der Waals surface area (Å²) >= 11 is 14.8. The number of carbonyl (C=O) groups is 8. The highest BCUT2D eigenvalue weighted by Gasteiger charge is 2.58. The summed E-state index contributed by atoms with van der Waals surface area (Å²) in [5, 5.41) is 11.9. The summed E-state index contributed by atoms with van der Waals surface area (Å²) in [6, 6.07) is 54.1. The molecule has 0 saturated carbocycles. The molecule has 0 bridgehead atoms. The lowest BCUT2D eigenvalue weighted by atomic mass is 9.95. The van der Waals surface area contributed by atoms with Gasteiger partial charge in [-0.05, 0) is 84.9 Å². The van der Waals surface area contributed by atoms with Gasteiger partial charge in [0.1, 0.15) is 31.5 Å². The van der Waals surface area contributed by atoms with E-state index in [9.17, 15) is 43.5 Å². The Bertz CT molecular complexity index is 3410. The fourth-order valence-electron chi connectivity index (χ4n) is 8.59. The molecule has 0 radical (unpaired) electrons. The first-order valence-electron chi connectivity index (χ1n) is 26.2. The van der Waals surface area contributed by atoms with E-state index in [0.29, 0.717) is 0 Å². The van der Waals surface area contributed by atoms with Gasteiger partial charge < -0.3 is 58.2 Å². The number of halogens is 3. The molecule has 9 rings (SSSR count). The number of hydrogen-bond donors (Lipinski definition) is 2. The van der Waals surface area contributed by atoms with Crippen molar-refractivity contribution >= 4 is 82.5 Å². The zero-order valence-electron chi connectivity index (χ0n) is 44.9. The molecule has 0 aliphatic carbocycles. The molecule has 7 aromatic carbocycles. The molecule has 2 aliphatic rings. The van der Waals surface area contributed by atoms with Gasteiger partial charge in [-0.25, -0.2) is 33.6 Å². The smallest absolute Gasteiger partial charge is 0.338 e. The van der Waals surface area contributed by atoms with Crippen LogP contribution in [0.2, 0.25) is 0 Å². The summed E-state index contributed by atoms with van der Waals surface area (Å²) in [4.78, 5) is 108. The first kappa shape index (κ1) is 63.0. The number of primary amides is 1. The van der Waals surface area contributed by atoms with E-state index in [4.69, 9.17) is 82.2 Å². The lowest BCUT2D eigenvalue weighted by Crippen LogP contribution is -2.67. The highest BCUT2D eigenvalue weighted by atomic mass is 35.6. The Morgan fingerprint density at radius 3 is 0.907 bits per heavy atom. The van der Waals surface area contributed by atoms with Crippen LogP contribution < -0.4 is 5.73 Å². The molecule has 2 heterocycles. The average Bonchev–Trinajstić information content (AvgIpc) is 1.29. The van der Waals surface area contributed by atoms with Gasteiger partial charge in [0.2, 0.25) is 0 Å². The van der Waals surface area contributed by atoms with E-state index < -0.39 is 126 Å². The molecule has 0 unspecified atom stereocenters. The fourth-order valence-corrected chi connectivity index (χ4v) is 8.59. The van der Waals surface area contributed by atoms with Crippen LogP contribution >= 0.6 is 34.8 Å². The van der Waals surface area contributed by atoms with Crippen molar-refractivity contribution in [3.63, 3.8) is 0 Å². The van der Waals surface area contributed by atoms with Crippen LogP contribution in [0.4, 0.5) is 0 Å². The lowest BCUT2D eigenvalue weighted by Gasteiger charge is -2.48. The van der Waals surface area contributed by atoms with E-state index in [1.165, 1.54) is 84.9 Å². The van der Waals surface area contributed by atoms with Crippen LogP contribution in [0.15, 0.2) is 212 Å². The molecule has 2 aliphatic heterocycles. The summed E-state index contributed by atoms with van der Waals surface area (Å²) in [7, 11) is 0. The van der Waals surface area contributed by atoms with Gasteiger partial charge in [0.25, 0.3) is 9.70 Å². The normalized spacial score (nSPS) is 21.5. The molecule has 20 nitrogen and oxygen atoms in total. The SMILES string of the molecule is NC(=O)C(Cl)(Cl)Cl.O=C(OC[C@H]1O[C@@H](O[C@H]2[C@H](OC(=O)c3ccccc3)[C@@H](OC(=O)c3ccccc3)[C@H](O)O[C@@H]2COC(=O)c2ccccc2)[C@H](OC(=O)c2ccccc2)[C@@H](OC(=O)c2ccccc2)[C@H]1OC(=O)c1ccccc1)c1ccccc1. The van der Waals surface area contributed by atoms with Gasteiger partial charge >= 0.3 is 41.8 Å². The highest BCUT2D eigenvalue weighted by molar-refractivity contribution is 6.76. The Morgan fingerprint density at radius 1 is 0.360 bits per heavy atom. The number of ether oxygens (including phenoxy) is 10. The summed E-state index contributed by atoms with van der Waals surface area (Å²) in [6.45, 7) is -1.50. The highest BCUT2D eigenvalue weighted by Crippen LogP contribution is 2.37. The van der Waals surface area contributed by atoms with Gasteiger partial charge in [-0.1, -0.05) is 162 Å². The van der Waals surface area contributed by atoms with Crippen LogP contribution in [-0.4, -0.2) is 131 Å². The molecule has 444 valence electrons. The Labute approximate surface area is 506 Å². The van der Waals surface area contributed by atoms with Crippen molar-refractivity contribution in [2.75, 3.05) is 13.2 Å². The number of nitrogens with two attached hydrogens (primary N) is 1. The minimum atomic E-state index is -2.12. The van der Waals surface area contributed by atoms with Crippen molar-refractivity contribution in [2.45, 2.75) is 65.2 Å². The molecule has 2 fully saturated rings. The number of esters is 7. The molecule has 10 atom stereocenters. The maximum absolute atomic E-state index is 14.5. The Hall–Kier alpha value is -8.99. The second-order valence-corrected chi connectivity index (χ2v) is 21.0. The monoisotopic (exact) mass is 1230 g/mol. The third-order valence-electron chi connectivity index (χ3n) is 12.8. The Morgan fingerprint density at radius 2 is 0.605 bits per heavy atom. The maximum atomic E-state index is 14.5. The Balaban J connectivity index is 0.00000129. The number of amides is 1. The minimum absolute atomic E-state index is 0.00210. The van der Waals surface area contributed by atoms with Gasteiger partial charge in [0.05, 0.1) is 38.9 Å². The number of aliphatic hydroxyl groups excluding tert-OH is 1. The van der Waals surface area contributed by atoms with Crippen LogP contribution in [0.25, 0.3) is 0 Å². The van der Waals surface area contributed by atoms with E-state index in [2.05, 4.69) is 5.73 Å². The van der Waals surface area contributed by atoms with Crippen molar-refractivity contribution in [1.29, 1.82) is 0 Å². The minimum Gasteiger partial charge on any atom is -0.459 e. The van der Waals surface area contributed by atoms with Crippen LogP contribution in [0.3, 0.4) is 0 Å². The molecule has 86 heavy (non-hydrogen) atoms. The zero-order chi connectivity index (χ0) is 61.2. The summed E-state index contributed by atoms with van der Waals surface area (Å²) in [5.41, 5.74) is 4.83. The molecule has 7 aromatic rings. The second-order valence-electron chi connectivity index (χ2n) is 18.7. The van der Waals surface area contributed by atoms with Gasteiger partial charge in [0.15, 0.2) is 43.1 Å². The topological polar surface area (TPSA) is 275 Å². The molecule has 2 saturated heterocycles. The van der Waals surface area contributed by atoms with E-state index in [1.54, 1.807) is 127 Å². The van der Waals surface area contributed by atoms with E-state index in [1.807, 2.05) is 0 Å². The van der Waals surface area contributed by atoms with Gasteiger partial charge in [-0.2, -0.15) is 0 Å². The van der Waals surface area contributed by atoms with E-state index in [0.717, 1.165) is 0 Å². The second kappa shape index (κ2) is 30.2. The quantitative estimate of drug-likeness (QED) is 0.0463. The predicted octanol–water partition coefficient (Wildman–Crippen LogP) is 8.50. The number of alkyl halides is 3. The van der Waals surface area contributed by atoms with Crippen molar-refractivity contribution in [3.8, 4) is 0 Å². The largest absolute Gasteiger partial charge is 0.459 e. The molecule has 1 amide bonds. The van der Waals surface area contributed by atoms with Crippen LogP contribution in [0.5, 0.6) is 0 Å². The van der Waals surface area contributed by atoms with Gasteiger partial charge in [-0.3, -0.25) is 4.79 Å². The van der Waals surface area contributed by atoms with E-state index >= 15 is 0 Å². The number of rotatable bonds is 18. The molecule has 23 heteroatoms. The summed E-state index contributed by atoms with van der Waals surface area (Å²) in [6.07, 6.45) is -19.0. The summed E-state index contributed by atoms with van der Waals surface area (Å²) in [5.74, 6) is -7.68. The zero-order valence-corrected chi connectivity index (χ0v) is 47.2. The van der Waals surface area contributed by atoms with Crippen molar-refractivity contribution < 1.29 is 90.8 Å². The van der Waals surface area contributed by atoms with Gasteiger partial charge in [0, 0.05) is 0 Å². The van der Waals surface area contributed by atoms with Crippen LogP contribution in [-0.2, 0) is 52.2 Å².